The van der Waals surface area contributed by atoms with Crippen LogP contribution in [0.1, 0.15) is 32.8 Å². The summed E-state index contributed by atoms with van der Waals surface area (Å²) in [6.07, 6.45) is 0.809. The Kier molecular flexibility index (Phi) is 7.45. The van der Waals surface area contributed by atoms with Gasteiger partial charge in [0, 0.05) is 38.3 Å². The van der Waals surface area contributed by atoms with Gasteiger partial charge < -0.3 is 14.8 Å². The first-order chi connectivity index (χ1) is 9.11. The lowest BCUT2D eigenvalue weighted by Crippen LogP contribution is -2.21. The molecule has 0 aromatic heterocycles. The van der Waals surface area contributed by atoms with Gasteiger partial charge in [-0.25, -0.2) is 4.39 Å². The van der Waals surface area contributed by atoms with E-state index in [1.165, 1.54) is 12.1 Å². The number of halogens is 1. The molecule has 0 radical (unpaired) electrons. The molecule has 1 aromatic rings. The molecule has 0 spiro atoms. The van der Waals surface area contributed by atoms with Gasteiger partial charge in [0.15, 0.2) is 0 Å². The van der Waals surface area contributed by atoms with Crippen molar-refractivity contribution in [2.75, 3.05) is 19.8 Å². The standard InChI is InChI=1S/C15H24FNO2/c1-4-18-6-5-7-19-15-9-13(8-14(16)10-15)11-17-12(2)3/h8-10,12,17H,4-7,11H2,1-3H3. The predicted octanol–water partition coefficient (Wildman–Crippen LogP) is 3.13. The largest absolute Gasteiger partial charge is 0.493 e. The van der Waals surface area contributed by atoms with Crippen molar-refractivity contribution >= 4 is 0 Å². The van der Waals surface area contributed by atoms with Crippen molar-refractivity contribution in [1.82, 2.24) is 5.32 Å². The molecule has 0 atom stereocenters. The Balaban J connectivity index is 2.44. The lowest BCUT2D eigenvalue weighted by molar-refractivity contribution is 0.131. The van der Waals surface area contributed by atoms with Gasteiger partial charge in [0.05, 0.1) is 6.61 Å². The van der Waals surface area contributed by atoms with Crippen molar-refractivity contribution in [2.45, 2.75) is 39.8 Å². The zero-order valence-electron chi connectivity index (χ0n) is 12.0. The Labute approximate surface area is 115 Å². The summed E-state index contributed by atoms with van der Waals surface area (Å²) in [5.74, 6) is 0.319. The molecule has 0 saturated heterocycles. The average Bonchev–Trinajstić information content (AvgIpc) is 2.35. The van der Waals surface area contributed by atoms with Gasteiger partial charge in [-0.2, -0.15) is 0 Å². The van der Waals surface area contributed by atoms with Gasteiger partial charge in [-0.3, -0.25) is 0 Å². The van der Waals surface area contributed by atoms with Crippen molar-refractivity contribution in [3.8, 4) is 5.75 Å². The van der Waals surface area contributed by atoms with Crippen LogP contribution in [0.5, 0.6) is 5.75 Å². The van der Waals surface area contributed by atoms with Gasteiger partial charge in [0.1, 0.15) is 11.6 Å². The molecule has 0 aliphatic carbocycles. The molecule has 0 heterocycles. The fourth-order valence-corrected chi connectivity index (χ4v) is 1.62. The molecule has 1 aromatic carbocycles. The highest BCUT2D eigenvalue weighted by molar-refractivity contribution is 5.29. The predicted molar refractivity (Wildman–Crippen MR) is 75.0 cm³/mol. The summed E-state index contributed by atoms with van der Waals surface area (Å²) >= 11 is 0. The van der Waals surface area contributed by atoms with E-state index < -0.39 is 0 Å². The molecule has 0 unspecified atom stereocenters. The molecule has 1 N–H and O–H groups in total. The second-order valence-corrected chi connectivity index (χ2v) is 4.73. The maximum absolute atomic E-state index is 13.4. The summed E-state index contributed by atoms with van der Waals surface area (Å²) < 4.78 is 24.2. The van der Waals surface area contributed by atoms with E-state index >= 15 is 0 Å². The summed E-state index contributed by atoms with van der Waals surface area (Å²) in [7, 11) is 0. The fraction of sp³-hybridized carbons (Fsp3) is 0.600. The highest BCUT2D eigenvalue weighted by atomic mass is 19.1. The molecule has 1 rings (SSSR count). The molecule has 3 nitrogen and oxygen atoms in total. The van der Waals surface area contributed by atoms with Crippen molar-refractivity contribution < 1.29 is 13.9 Å². The van der Waals surface area contributed by atoms with Gasteiger partial charge in [-0.1, -0.05) is 13.8 Å². The normalized spacial score (nSPS) is 11.0. The molecule has 0 aliphatic heterocycles. The van der Waals surface area contributed by atoms with E-state index in [1.54, 1.807) is 0 Å². The number of hydrogen-bond donors (Lipinski definition) is 1. The molecule has 0 fully saturated rings. The van der Waals surface area contributed by atoms with E-state index in [-0.39, 0.29) is 5.82 Å². The molecule has 0 aliphatic rings. The van der Waals surface area contributed by atoms with Gasteiger partial charge in [-0.05, 0) is 24.6 Å². The lowest BCUT2D eigenvalue weighted by Gasteiger charge is -2.11. The Morgan fingerprint density at radius 2 is 2.00 bits per heavy atom. The first-order valence-corrected chi connectivity index (χ1v) is 6.85. The SMILES string of the molecule is CCOCCCOc1cc(F)cc(CNC(C)C)c1. The van der Waals surface area contributed by atoms with Crippen LogP contribution in [0.25, 0.3) is 0 Å². The van der Waals surface area contributed by atoms with Crippen molar-refractivity contribution in [2.24, 2.45) is 0 Å². The fourth-order valence-electron chi connectivity index (χ4n) is 1.62. The monoisotopic (exact) mass is 269 g/mol. The van der Waals surface area contributed by atoms with E-state index in [2.05, 4.69) is 19.2 Å². The quantitative estimate of drug-likeness (QED) is 0.699. The van der Waals surface area contributed by atoms with Crippen molar-refractivity contribution in [3.05, 3.63) is 29.6 Å². The summed E-state index contributed by atoms with van der Waals surface area (Å²) in [5, 5.41) is 3.26. The van der Waals surface area contributed by atoms with E-state index in [1.807, 2.05) is 13.0 Å². The van der Waals surface area contributed by atoms with Crippen LogP contribution in [0, 0.1) is 5.82 Å². The Hall–Kier alpha value is -1.13. The number of benzene rings is 1. The maximum atomic E-state index is 13.4. The molecular formula is C15H24FNO2. The summed E-state index contributed by atoms with van der Waals surface area (Å²) in [5.41, 5.74) is 0.897. The highest BCUT2D eigenvalue weighted by Gasteiger charge is 2.03. The zero-order valence-corrected chi connectivity index (χ0v) is 12.0. The highest BCUT2D eigenvalue weighted by Crippen LogP contribution is 2.16. The van der Waals surface area contributed by atoms with Crippen LogP contribution in [-0.2, 0) is 11.3 Å². The molecule has 0 bridgehead atoms. The Morgan fingerprint density at radius 1 is 1.21 bits per heavy atom. The van der Waals surface area contributed by atoms with E-state index in [4.69, 9.17) is 9.47 Å². The van der Waals surface area contributed by atoms with Crippen LogP contribution in [0.3, 0.4) is 0 Å². The number of rotatable bonds is 9. The summed E-state index contributed by atoms with van der Waals surface area (Å²) in [6, 6.07) is 5.19. The summed E-state index contributed by atoms with van der Waals surface area (Å²) in [4.78, 5) is 0. The third-order valence-corrected chi connectivity index (χ3v) is 2.55. The minimum Gasteiger partial charge on any atom is -0.493 e. The maximum Gasteiger partial charge on any atom is 0.127 e. The smallest absolute Gasteiger partial charge is 0.127 e. The van der Waals surface area contributed by atoms with Crippen molar-refractivity contribution in [1.29, 1.82) is 0 Å². The molecule has 19 heavy (non-hydrogen) atoms. The van der Waals surface area contributed by atoms with Gasteiger partial charge >= 0.3 is 0 Å². The van der Waals surface area contributed by atoms with E-state index in [0.29, 0.717) is 38.2 Å². The van der Waals surface area contributed by atoms with Crippen LogP contribution in [-0.4, -0.2) is 25.9 Å². The first-order valence-electron chi connectivity index (χ1n) is 6.85. The average molecular weight is 269 g/mol. The van der Waals surface area contributed by atoms with Gasteiger partial charge in [0.25, 0.3) is 0 Å². The van der Waals surface area contributed by atoms with Crippen LogP contribution in [0.15, 0.2) is 18.2 Å². The van der Waals surface area contributed by atoms with Crippen LogP contribution in [0.2, 0.25) is 0 Å². The second-order valence-electron chi connectivity index (χ2n) is 4.73. The Bertz CT molecular complexity index is 369. The second kappa shape index (κ2) is 8.88. The number of ether oxygens (including phenoxy) is 2. The molecule has 0 amide bonds. The van der Waals surface area contributed by atoms with Crippen LogP contribution < -0.4 is 10.1 Å². The van der Waals surface area contributed by atoms with Crippen LogP contribution >= 0.6 is 0 Å². The topological polar surface area (TPSA) is 30.5 Å². The molecular weight excluding hydrogens is 245 g/mol. The molecule has 108 valence electrons. The minimum absolute atomic E-state index is 0.261. The first kappa shape index (κ1) is 15.9. The number of hydrogen-bond acceptors (Lipinski definition) is 3. The Morgan fingerprint density at radius 3 is 2.68 bits per heavy atom. The third-order valence-electron chi connectivity index (χ3n) is 2.55. The summed E-state index contributed by atoms with van der Waals surface area (Å²) in [6.45, 7) is 8.65. The van der Waals surface area contributed by atoms with Crippen LogP contribution in [0.4, 0.5) is 4.39 Å². The molecule has 0 saturated carbocycles. The van der Waals surface area contributed by atoms with Crippen molar-refractivity contribution in [3.63, 3.8) is 0 Å². The van der Waals surface area contributed by atoms with Gasteiger partial charge in [-0.15, -0.1) is 0 Å². The van der Waals surface area contributed by atoms with E-state index in [0.717, 1.165) is 12.0 Å². The van der Waals surface area contributed by atoms with Gasteiger partial charge in [0.2, 0.25) is 0 Å². The minimum atomic E-state index is -0.261. The zero-order chi connectivity index (χ0) is 14.1. The number of nitrogens with one attached hydrogen (secondary N) is 1. The third kappa shape index (κ3) is 7.13. The van der Waals surface area contributed by atoms with E-state index in [9.17, 15) is 4.39 Å². The lowest BCUT2D eigenvalue weighted by atomic mass is 10.2. The molecule has 4 heteroatoms.